The first-order chi connectivity index (χ1) is 26.8. The standard InChI is InChI=1S/C43H77NO12Si2/c1-16-57(17-2,18-3)55-30(27(8)44-38(48)54-39(10,11)12)24-51-29-23-43(50)37(53-28(9)45)35-41(15,36(47)34(46)33(26(29)7)40(43,13)14)31(22-32-42(35,49)25-52-32)56-58(19-4,20-5)21-6/h27,29-32,34-35,37,46,49-50H,16-25H2,1-15H3,(H,44,48)/t27-,29-,30-,31-,32+,34+,35-,37-,41+,42-,43+/m0/s1. The van der Waals surface area contributed by atoms with E-state index in [2.05, 4.69) is 46.9 Å². The highest BCUT2D eigenvalue weighted by Gasteiger charge is 2.76. The van der Waals surface area contributed by atoms with Gasteiger partial charge in [-0.25, -0.2) is 4.79 Å². The van der Waals surface area contributed by atoms with Gasteiger partial charge in [-0.15, -0.1) is 0 Å². The van der Waals surface area contributed by atoms with Crippen LogP contribution in [0.3, 0.4) is 0 Å². The lowest BCUT2D eigenvalue weighted by atomic mass is 9.44. The van der Waals surface area contributed by atoms with Crippen molar-refractivity contribution in [1.82, 2.24) is 5.32 Å². The van der Waals surface area contributed by atoms with Gasteiger partial charge in [0.25, 0.3) is 0 Å². The molecule has 2 bridgehead atoms. The number of rotatable bonds is 16. The minimum atomic E-state index is -2.41. The lowest BCUT2D eigenvalue weighted by molar-refractivity contribution is -0.344. The Morgan fingerprint density at radius 3 is 1.98 bits per heavy atom. The molecule has 0 aromatic carbocycles. The van der Waals surface area contributed by atoms with E-state index < -0.39 is 111 Å². The van der Waals surface area contributed by atoms with Crippen molar-refractivity contribution in [2.45, 2.75) is 212 Å². The highest BCUT2D eigenvalue weighted by molar-refractivity contribution is 6.74. The van der Waals surface area contributed by atoms with Crippen LogP contribution in [0, 0.1) is 16.7 Å². The van der Waals surface area contributed by atoms with Crippen molar-refractivity contribution in [3.8, 4) is 0 Å². The highest BCUT2D eigenvalue weighted by Crippen LogP contribution is 2.64. The van der Waals surface area contributed by atoms with Gasteiger partial charge in [0, 0.05) is 31.1 Å². The van der Waals surface area contributed by atoms with E-state index in [1.54, 1.807) is 41.5 Å². The van der Waals surface area contributed by atoms with Crippen molar-refractivity contribution in [3.63, 3.8) is 0 Å². The molecule has 0 aromatic rings. The molecule has 1 aliphatic heterocycles. The Kier molecular flexibility index (Phi) is 14.8. The zero-order valence-corrected chi connectivity index (χ0v) is 40.2. The number of hydrogen-bond acceptors (Lipinski definition) is 12. The van der Waals surface area contributed by atoms with E-state index >= 15 is 4.79 Å². The van der Waals surface area contributed by atoms with Crippen molar-refractivity contribution < 1.29 is 57.5 Å². The van der Waals surface area contributed by atoms with E-state index in [9.17, 15) is 24.9 Å². The second-order valence-corrected chi connectivity index (χ2v) is 28.9. The predicted molar refractivity (Wildman–Crippen MR) is 226 cm³/mol. The molecular formula is C43H77NO12Si2. The number of amides is 1. The number of carbonyl (C=O) groups is 3. The molecule has 4 aliphatic rings. The zero-order chi connectivity index (χ0) is 44.0. The van der Waals surface area contributed by atoms with Gasteiger partial charge in [0.15, 0.2) is 22.4 Å². The molecule has 3 aliphatic carbocycles. The molecule has 11 atom stereocenters. The molecule has 2 saturated carbocycles. The summed E-state index contributed by atoms with van der Waals surface area (Å²) in [5.74, 6) is -2.45. The van der Waals surface area contributed by atoms with Gasteiger partial charge in [-0.05, 0) is 89.0 Å². The van der Waals surface area contributed by atoms with Gasteiger partial charge in [0.2, 0.25) is 0 Å². The maximum atomic E-state index is 15.4. The average molecular weight is 856 g/mol. The van der Waals surface area contributed by atoms with E-state index in [4.69, 9.17) is 27.8 Å². The van der Waals surface area contributed by atoms with E-state index in [0.29, 0.717) is 5.57 Å². The van der Waals surface area contributed by atoms with Crippen molar-refractivity contribution in [2.75, 3.05) is 13.2 Å². The Balaban J connectivity index is 1.88. The van der Waals surface area contributed by atoms with Gasteiger partial charge in [0.05, 0.1) is 49.1 Å². The second-order valence-electron chi connectivity index (χ2n) is 19.4. The number of carbonyl (C=O) groups excluding carboxylic acids is 3. The number of fused-ring (bicyclic) bond motifs is 5. The minimum Gasteiger partial charge on any atom is -0.459 e. The molecular weight excluding hydrogens is 779 g/mol. The second kappa shape index (κ2) is 17.6. The molecule has 334 valence electrons. The van der Waals surface area contributed by atoms with Crippen LogP contribution < -0.4 is 5.32 Å². The fourth-order valence-corrected chi connectivity index (χ4v) is 16.6. The summed E-state index contributed by atoms with van der Waals surface area (Å²) < 4.78 is 38.7. The normalized spacial score (nSPS) is 34.8. The van der Waals surface area contributed by atoms with Gasteiger partial charge < -0.3 is 48.4 Å². The number of ketones is 1. The molecule has 1 saturated heterocycles. The monoisotopic (exact) mass is 855 g/mol. The van der Waals surface area contributed by atoms with Gasteiger partial charge in [-0.3, -0.25) is 9.59 Å². The van der Waals surface area contributed by atoms with Crippen LogP contribution in [-0.2, 0) is 37.4 Å². The number of esters is 1. The lowest BCUT2D eigenvalue weighted by Crippen LogP contribution is -2.81. The average Bonchev–Trinajstić information content (AvgIpc) is 3.14. The third-order valence-electron chi connectivity index (χ3n) is 15.1. The van der Waals surface area contributed by atoms with Gasteiger partial charge >= 0.3 is 12.1 Å². The largest absolute Gasteiger partial charge is 0.459 e. The summed E-state index contributed by atoms with van der Waals surface area (Å²) in [5, 5.41) is 41.6. The number of Topliss-reactive ketones (excluding diaryl/α,β-unsaturated/α-hetero) is 1. The highest BCUT2D eigenvalue weighted by atomic mass is 28.4. The number of alkyl carbamates (subject to hydrolysis) is 1. The van der Waals surface area contributed by atoms with Crippen molar-refractivity contribution >= 4 is 34.5 Å². The summed E-state index contributed by atoms with van der Waals surface area (Å²) in [6, 6.07) is 4.41. The summed E-state index contributed by atoms with van der Waals surface area (Å²) >= 11 is 0. The smallest absolute Gasteiger partial charge is 0.407 e. The molecule has 4 N–H and O–H groups in total. The van der Waals surface area contributed by atoms with Crippen LogP contribution >= 0.6 is 0 Å². The predicted octanol–water partition coefficient (Wildman–Crippen LogP) is 6.57. The van der Waals surface area contributed by atoms with Crippen LogP contribution in [-0.4, -0.2) is 122 Å². The molecule has 0 spiro atoms. The van der Waals surface area contributed by atoms with Crippen LogP contribution in [0.15, 0.2) is 11.1 Å². The van der Waals surface area contributed by atoms with Gasteiger partial charge in [0.1, 0.15) is 29.0 Å². The molecule has 58 heavy (non-hydrogen) atoms. The molecule has 15 heteroatoms. The number of aliphatic hydroxyl groups excluding tert-OH is 1. The summed E-state index contributed by atoms with van der Waals surface area (Å²) in [6.07, 6.45) is -6.62. The fraction of sp³-hybridized carbons (Fsp3) is 0.884. The quantitative estimate of drug-likeness (QED) is 0.0747. The third-order valence-corrected chi connectivity index (χ3v) is 24.4. The fourth-order valence-electron chi connectivity index (χ4n) is 10.7. The van der Waals surface area contributed by atoms with Gasteiger partial charge in [-0.2, -0.15) is 0 Å². The molecule has 0 aromatic heterocycles. The first-order valence-electron chi connectivity index (χ1n) is 21.9. The first kappa shape index (κ1) is 49.0. The van der Waals surface area contributed by atoms with Crippen LogP contribution in [0.5, 0.6) is 0 Å². The van der Waals surface area contributed by atoms with E-state index in [1.165, 1.54) is 6.92 Å². The Morgan fingerprint density at radius 1 is 0.966 bits per heavy atom. The molecule has 0 radical (unpaired) electrons. The third kappa shape index (κ3) is 8.55. The maximum Gasteiger partial charge on any atom is 0.407 e. The van der Waals surface area contributed by atoms with Crippen molar-refractivity contribution in [2.24, 2.45) is 16.7 Å². The van der Waals surface area contributed by atoms with Crippen molar-refractivity contribution in [1.29, 1.82) is 0 Å². The molecule has 3 fully saturated rings. The first-order valence-corrected chi connectivity index (χ1v) is 26.9. The van der Waals surface area contributed by atoms with Crippen LogP contribution in [0.1, 0.15) is 117 Å². The summed E-state index contributed by atoms with van der Waals surface area (Å²) in [6.45, 7) is 28.0. The van der Waals surface area contributed by atoms with Crippen LogP contribution in [0.25, 0.3) is 0 Å². The van der Waals surface area contributed by atoms with Gasteiger partial charge in [-0.1, -0.05) is 55.4 Å². The number of ether oxygens (including phenoxy) is 4. The Morgan fingerprint density at radius 2 is 1.52 bits per heavy atom. The van der Waals surface area contributed by atoms with E-state index in [1.807, 2.05) is 13.8 Å². The number of aliphatic hydroxyl groups is 3. The molecule has 13 nitrogen and oxygen atoms in total. The minimum absolute atomic E-state index is 0.00550. The zero-order valence-electron chi connectivity index (χ0n) is 38.2. The Hall–Kier alpha value is -1.70. The van der Waals surface area contributed by atoms with E-state index in [-0.39, 0.29) is 31.6 Å². The van der Waals surface area contributed by atoms with Crippen LogP contribution in [0.4, 0.5) is 4.79 Å². The Labute approximate surface area is 349 Å². The summed E-state index contributed by atoms with van der Waals surface area (Å²) in [7, 11) is -4.68. The van der Waals surface area contributed by atoms with Crippen molar-refractivity contribution in [3.05, 3.63) is 11.1 Å². The summed E-state index contributed by atoms with van der Waals surface area (Å²) in [4.78, 5) is 41.6. The topological polar surface area (TPSA) is 179 Å². The molecule has 4 rings (SSSR count). The van der Waals surface area contributed by atoms with E-state index in [0.717, 1.165) is 36.3 Å². The molecule has 1 amide bonds. The number of nitrogens with one attached hydrogen (secondary N) is 1. The summed E-state index contributed by atoms with van der Waals surface area (Å²) in [5.41, 5.74) is -6.43. The molecule has 1 heterocycles. The Bertz CT molecular complexity index is 1520. The maximum absolute atomic E-state index is 15.4. The number of hydrogen-bond donors (Lipinski definition) is 4. The van der Waals surface area contributed by atoms with Crippen LogP contribution in [0.2, 0.25) is 36.3 Å². The lowest BCUT2D eigenvalue weighted by Gasteiger charge is -2.67. The SMILES string of the molecule is CC[Si](CC)(CC)O[C@@H](CO[C@H]1C[C@@]2(O)[C@@H](OC(C)=O)[C@@H]3[C@]4(O)CO[C@@H]4C[C@H](O[Si](CC)(CC)CC)[C@@]3(C)C(=O)[C@H](O)C(=C1C)C2(C)C)[C@H](C)NC(=O)OC(C)(C)C. The molecule has 0 unspecified atom stereocenters.